The van der Waals surface area contributed by atoms with Gasteiger partial charge in [0.25, 0.3) is 6.04 Å². The molecule has 1 aromatic rings. The highest BCUT2D eigenvalue weighted by Crippen LogP contribution is 2.27. The first-order chi connectivity index (χ1) is 10.5. The summed E-state index contributed by atoms with van der Waals surface area (Å²) in [6.45, 7) is 7.39. The second-order valence-electron chi connectivity index (χ2n) is 6.18. The van der Waals surface area contributed by atoms with Crippen LogP contribution >= 0.6 is 0 Å². The summed E-state index contributed by atoms with van der Waals surface area (Å²) in [5.74, 6) is 0.361. The molecule has 0 saturated carbocycles. The van der Waals surface area contributed by atoms with E-state index in [0.29, 0.717) is 5.92 Å². The van der Waals surface area contributed by atoms with E-state index in [2.05, 4.69) is 26.0 Å². The summed E-state index contributed by atoms with van der Waals surface area (Å²) >= 11 is 0. The van der Waals surface area contributed by atoms with Gasteiger partial charge in [0, 0.05) is 26.0 Å². The summed E-state index contributed by atoms with van der Waals surface area (Å²) in [6, 6.07) is 3.47. The number of nitrogens with zero attached hydrogens (tertiary/aromatic N) is 1. The van der Waals surface area contributed by atoms with Crippen molar-refractivity contribution in [3.8, 4) is 0 Å². The first-order valence-electron chi connectivity index (χ1n) is 8.52. The zero-order chi connectivity index (χ0) is 16.5. The lowest BCUT2D eigenvalue weighted by molar-refractivity contribution is -0.695. The number of carbonyl (C=O) groups excluding carboxylic acids is 2. The van der Waals surface area contributed by atoms with Gasteiger partial charge in [0.1, 0.15) is 0 Å². The molecular weight excluding hydrogens is 274 g/mol. The summed E-state index contributed by atoms with van der Waals surface area (Å²) in [7, 11) is 0. The van der Waals surface area contributed by atoms with Gasteiger partial charge < -0.3 is 0 Å². The molecule has 0 atom stereocenters. The maximum absolute atomic E-state index is 11.6. The number of aromatic nitrogens is 1. The number of hydrogen-bond donors (Lipinski definition) is 0. The van der Waals surface area contributed by atoms with E-state index in [0.717, 1.165) is 0 Å². The maximum Gasteiger partial charge on any atom is 0.273 e. The maximum atomic E-state index is 11.6. The van der Waals surface area contributed by atoms with Gasteiger partial charge in [-0.3, -0.25) is 9.59 Å². The van der Waals surface area contributed by atoms with Gasteiger partial charge in [0.15, 0.2) is 12.4 Å². The molecule has 3 heteroatoms. The molecule has 0 aliphatic carbocycles. The Kier molecular flexibility index (Phi) is 8.00. The lowest BCUT2D eigenvalue weighted by atomic mass is 9.89. The number of ketones is 2. The van der Waals surface area contributed by atoms with Crippen LogP contribution in [-0.2, 0) is 9.59 Å². The van der Waals surface area contributed by atoms with E-state index in [1.54, 1.807) is 4.57 Å². The van der Waals surface area contributed by atoms with Crippen LogP contribution in [0.1, 0.15) is 83.7 Å². The van der Waals surface area contributed by atoms with Crippen LogP contribution in [0.3, 0.4) is 0 Å². The number of carbonyl (C=O) groups is 2. The molecule has 1 rings (SSSR count). The van der Waals surface area contributed by atoms with Crippen LogP contribution in [0.5, 0.6) is 0 Å². The molecule has 122 valence electrons. The molecule has 0 radical (unpaired) electrons. The van der Waals surface area contributed by atoms with Crippen LogP contribution < -0.4 is 4.57 Å². The number of pyridine rings is 1. The normalized spacial score (nSPS) is 11.2. The van der Waals surface area contributed by atoms with Gasteiger partial charge in [0.05, 0.1) is 0 Å². The fraction of sp³-hybridized carbons (Fsp3) is 0.632. The molecule has 0 aliphatic rings. The van der Waals surface area contributed by atoms with E-state index >= 15 is 0 Å². The monoisotopic (exact) mass is 304 g/mol. The van der Waals surface area contributed by atoms with E-state index in [4.69, 9.17) is 0 Å². The third-order valence-electron chi connectivity index (χ3n) is 4.23. The van der Waals surface area contributed by atoms with Crippen molar-refractivity contribution in [2.45, 2.75) is 78.2 Å². The Morgan fingerprint density at radius 3 is 1.77 bits per heavy atom. The Labute approximate surface area is 134 Å². The molecule has 0 amide bonds. The average molecular weight is 304 g/mol. The summed E-state index contributed by atoms with van der Waals surface area (Å²) in [5, 5.41) is 0. The standard InChI is InChI=1S/C19H30NO2/c1-5-7-9-17(10-8-6-2)18-11-13-20(14-12-18)19(15(3)21)16(4)22/h11-14,17,19H,5-10H2,1-4H3/q+1. The SMILES string of the molecule is CCCCC(CCCC)c1cc[n+](C(C(C)=O)C(C)=O)cc1. The predicted molar refractivity (Wildman–Crippen MR) is 88.8 cm³/mol. The van der Waals surface area contributed by atoms with E-state index in [9.17, 15) is 9.59 Å². The molecule has 1 heterocycles. The number of unbranched alkanes of at least 4 members (excludes halogenated alkanes) is 2. The Bertz CT molecular complexity index is 457. The minimum Gasteiger partial charge on any atom is -0.292 e. The van der Waals surface area contributed by atoms with Gasteiger partial charge in [-0.05, 0) is 24.3 Å². The second kappa shape index (κ2) is 9.50. The highest BCUT2D eigenvalue weighted by molar-refractivity contribution is 6.00. The molecule has 22 heavy (non-hydrogen) atoms. The van der Waals surface area contributed by atoms with Crippen molar-refractivity contribution in [1.29, 1.82) is 0 Å². The average Bonchev–Trinajstić information content (AvgIpc) is 2.48. The molecule has 0 unspecified atom stereocenters. The third-order valence-corrected chi connectivity index (χ3v) is 4.23. The molecule has 0 fully saturated rings. The van der Waals surface area contributed by atoms with E-state index in [1.807, 2.05) is 12.4 Å². The third kappa shape index (κ3) is 5.36. The summed E-state index contributed by atoms with van der Waals surface area (Å²) in [4.78, 5) is 23.3. The number of Topliss-reactive ketones (excluding diaryl/α,β-unsaturated/α-hetero) is 2. The van der Waals surface area contributed by atoms with Crippen LogP contribution in [0, 0.1) is 0 Å². The summed E-state index contributed by atoms with van der Waals surface area (Å²) in [6.07, 6.45) is 11.1. The van der Waals surface area contributed by atoms with Gasteiger partial charge in [-0.1, -0.05) is 39.5 Å². The van der Waals surface area contributed by atoms with Crippen molar-refractivity contribution in [1.82, 2.24) is 0 Å². The van der Waals surface area contributed by atoms with E-state index in [-0.39, 0.29) is 11.6 Å². The fourth-order valence-corrected chi connectivity index (χ4v) is 2.98. The fourth-order valence-electron chi connectivity index (χ4n) is 2.98. The first kappa shape index (κ1) is 18.5. The minimum atomic E-state index is -0.682. The topological polar surface area (TPSA) is 38.0 Å². The largest absolute Gasteiger partial charge is 0.292 e. The quantitative estimate of drug-likeness (QED) is 0.481. The molecule has 0 saturated heterocycles. The van der Waals surface area contributed by atoms with Crippen LogP contribution in [0.15, 0.2) is 24.5 Å². The number of rotatable bonds is 10. The molecule has 0 spiro atoms. The lowest BCUT2D eigenvalue weighted by Crippen LogP contribution is -2.46. The molecule has 3 nitrogen and oxygen atoms in total. The first-order valence-corrected chi connectivity index (χ1v) is 8.52. The van der Waals surface area contributed by atoms with Crippen molar-refractivity contribution >= 4 is 11.6 Å². The molecule has 0 aromatic carbocycles. The van der Waals surface area contributed by atoms with Crippen molar-refractivity contribution in [2.75, 3.05) is 0 Å². The van der Waals surface area contributed by atoms with Crippen LogP contribution in [0.4, 0.5) is 0 Å². The van der Waals surface area contributed by atoms with Gasteiger partial charge >= 0.3 is 0 Å². The van der Waals surface area contributed by atoms with Crippen molar-refractivity contribution in [3.63, 3.8) is 0 Å². The molecule has 0 bridgehead atoms. The van der Waals surface area contributed by atoms with Gasteiger partial charge in [-0.15, -0.1) is 0 Å². The van der Waals surface area contributed by atoms with Crippen molar-refractivity contribution < 1.29 is 14.2 Å². The van der Waals surface area contributed by atoms with Crippen LogP contribution in [-0.4, -0.2) is 11.6 Å². The van der Waals surface area contributed by atoms with E-state index < -0.39 is 6.04 Å². The van der Waals surface area contributed by atoms with Crippen LogP contribution in [0.25, 0.3) is 0 Å². The van der Waals surface area contributed by atoms with Gasteiger partial charge in [-0.2, -0.15) is 4.57 Å². The lowest BCUT2D eigenvalue weighted by Gasteiger charge is -2.16. The highest BCUT2D eigenvalue weighted by atomic mass is 16.2. The zero-order valence-corrected chi connectivity index (χ0v) is 14.5. The smallest absolute Gasteiger partial charge is 0.273 e. The molecule has 1 aromatic heterocycles. The van der Waals surface area contributed by atoms with Crippen molar-refractivity contribution in [3.05, 3.63) is 30.1 Å². The number of hydrogen-bond acceptors (Lipinski definition) is 2. The van der Waals surface area contributed by atoms with Crippen molar-refractivity contribution in [2.24, 2.45) is 0 Å². The Morgan fingerprint density at radius 2 is 1.41 bits per heavy atom. The van der Waals surface area contributed by atoms with Gasteiger partial charge in [0.2, 0.25) is 11.6 Å². The highest BCUT2D eigenvalue weighted by Gasteiger charge is 2.28. The second-order valence-corrected chi connectivity index (χ2v) is 6.18. The Balaban J connectivity index is 2.91. The zero-order valence-electron chi connectivity index (χ0n) is 14.5. The van der Waals surface area contributed by atoms with Crippen LogP contribution in [0.2, 0.25) is 0 Å². The summed E-state index contributed by atoms with van der Waals surface area (Å²) in [5.41, 5.74) is 1.32. The minimum absolute atomic E-state index is 0.112. The predicted octanol–water partition coefficient (Wildman–Crippen LogP) is 4.16. The van der Waals surface area contributed by atoms with Gasteiger partial charge in [-0.25, -0.2) is 0 Å². The van der Waals surface area contributed by atoms with E-state index in [1.165, 1.54) is 57.9 Å². The Morgan fingerprint density at radius 1 is 0.955 bits per heavy atom. The molecular formula is C19H30NO2+. The Hall–Kier alpha value is -1.51. The molecule has 0 aliphatic heterocycles. The summed E-state index contributed by atoms with van der Waals surface area (Å²) < 4.78 is 1.73. The molecule has 0 N–H and O–H groups in total.